The quantitative estimate of drug-likeness (QED) is 0.340. The van der Waals surface area contributed by atoms with Crippen LogP contribution >= 0.6 is 0 Å². The minimum Gasteiger partial charge on any atom is -0.495 e. The van der Waals surface area contributed by atoms with Gasteiger partial charge in [-0.3, -0.25) is 4.90 Å². The van der Waals surface area contributed by atoms with Crippen molar-refractivity contribution in [3.63, 3.8) is 0 Å². The van der Waals surface area contributed by atoms with E-state index in [1.165, 1.54) is 24.8 Å². The second-order valence-corrected chi connectivity index (χ2v) is 10.2. The van der Waals surface area contributed by atoms with Crippen molar-refractivity contribution < 1.29 is 4.74 Å². The first-order valence-electron chi connectivity index (χ1n) is 13.3. The summed E-state index contributed by atoms with van der Waals surface area (Å²) in [6.07, 6.45) is 12.7. The Balaban J connectivity index is 1.21. The van der Waals surface area contributed by atoms with Crippen LogP contribution in [0.1, 0.15) is 60.1 Å². The van der Waals surface area contributed by atoms with E-state index in [4.69, 9.17) is 14.8 Å². The molecule has 4 aromatic rings. The largest absolute Gasteiger partial charge is 0.495 e. The summed E-state index contributed by atoms with van der Waals surface area (Å²) in [7, 11) is 1.70. The molecule has 0 spiro atoms. The fourth-order valence-electron chi connectivity index (χ4n) is 5.89. The van der Waals surface area contributed by atoms with E-state index < -0.39 is 0 Å². The number of rotatable bonds is 7. The Labute approximate surface area is 218 Å². The van der Waals surface area contributed by atoms with E-state index >= 15 is 0 Å². The number of hydrogen-bond acceptors (Lipinski definition) is 5. The van der Waals surface area contributed by atoms with Crippen molar-refractivity contribution in [2.75, 3.05) is 13.7 Å². The average molecular weight is 495 g/mol. The molecule has 0 saturated carbocycles. The zero-order valence-electron chi connectivity index (χ0n) is 21.6. The lowest BCUT2D eigenvalue weighted by Crippen LogP contribution is -2.37. The molecule has 2 aromatic heterocycles. The molecule has 37 heavy (non-hydrogen) atoms. The number of aromatic nitrogens is 5. The van der Waals surface area contributed by atoms with Gasteiger partial charge < -0.3 is 9.30 Å². The predicted molar refractivity (Wildman–Crippen MR) is 146 cm³/mol. The van der Waals surface area contributed by atoms with E-state index in [0.29, 0.717) is 12.0 Å². The maximum absolute atomic E-state index is 5.67. The molecule has 2 unspecified atom stereocenters. The Hall–Kier alpha value is -3.71. The molecule has 1 fully saturated rings. The van der Waals surface area contributed by atoms with Crippen molar-refractivity contribution in [2.45, 2.75) is 57.7 Å². The number of hydrogen-bond donors (Lipinski definition) is 0. The van der Waals surface area contributed by atoms with E-state index in [-0.39, 0.29) is 0 Å². The molecular formula is C30H34N6O. The average Bonchev–Trinajstić information content (AvgIpc) is 3.67. The molecule has 2 atom stereocenters. The molecule has 2 aromatic carbocycles. The molecule has 0 bridgehead atoms. The van der Waals surface area contributed by atoms with Crippen LogP contribution in [-0.4, -0.2) is 48.9 Å². The third-order valence-electron chi connectivity index (χ3n) is 7.66. The highest BCUT2D eigenvalue weighted by atomic mass is 16.5. The zero-order valence-corrected chi connectivity index (χ0v) is 21.6. The predicted octanol–water partition coefficient (Wildman–Crippen LogP) is 5.49. The minimum atomic E-state index is 0.438. The fourth-order valence-corrected chi connectivity index (χ4v) is 5.89. The van der Waals surface area contributed by atoms with E-state index in [2.05, 4.69) is 63.1 Å². The molecule has 2 aliphatic heterocycles. The SMILES string of the molecule is COc1cc(/C=C/c2nc3n(n2)CCCC3C2CCCN2Cc2ccccc2)ccc1-n1cnc(C)c1. The Morgan fingerprint density at radius 3 is 2.70 bits per heavy atom. The van der Waals surface area contributed by atoms with Crippen LogP contribution in [0.2, 0.25) is 0 Å². The number of methoxy groups -OCH3 is 1. The van der Waals surface area contributed by atoms with Crippen molar-refractivity contribution in [1.82, 2.24) is 29.2 Å². The Kier molecular flexibility index (Phi) is 6.62. The summed E-state index contributed by atoms with van der Waals surface area (Å²) in [6, 6.07) is 17.6. The normalized spacial score (nSPS) is 19.9. The van der Waals surface area contributed by atoms with Gasteiger partial charge in [-0.1, -0.05) is 42.5 Å². The van der Waals surface area contributed by atoms with Crippen LogP contribution < -0.4 is 4.74 Å². The Morgan fingerprint density at radius 1 is 1.03 bits per heavy atom. The molecule has 0 amide bonds. The van der Waals surface area contributed by atoms with Gasteiger partial charge in [0.25, 0.3) is 0 Å². The summed E-state index contributed by atoms with van der Waals surface area (Å²) >= 11 is 0. The summed E-state index contributed by atoms with van der Waals surface area (Å²) in [5, 5.41) is 4.86. The summed E-state index contributed by atoms with van der Waals surface area (Å²) in [6.45, 7) is 5.10. The van der Waals surface area contributed by atoms with E-state index in [1.54, 1.807) is 7.11 Å². The number of likely N-dealkylation sites (tertiary alicyclic amines) is 1. The Morgan fingerprint density at radius 2 is 1.89 bits per heavy atom. The molecule has 0 aliphatic carbocycles. The van der Waals surface area contributed by atoms with Gasteiger partial charge in [-0.2, -0.15) is 5.10 Å². The van der Waals surface area contributed by atoms with Crippen molar-refractivity contribution in [1.29, 1.82) is 0 Å². The summed E-state index contributed by atoms with van der Waals surface area (Å²) < 4.78 is 9.80. The van der Waals surface area contributed by atoms with E-state index in [0.717, 1.165) is 60.4 Å². The van der Waals surface area contributed by atoms with Gasteiger partial charge in [0.2, 0.25) is 0 Å². The first-order valence-corrected chi connectivity index (χ1v) is 13.3. The third kappa shape index (κ3) is 4.96. The summed E-state index contributed by atoms with van der Waals surface area (Å²) in [5.41, 5.74) is 4.38. The van der Waals surface area contributed by atoms with Crippen molar-refractivity contribution in [3.05, 3.63) is 89.5 Å². The van der Waals surface area contributed by atoms with Crippen LogP contribution in [0.15, 0.2) is 61.1 Å². The molecule has 7 heteroatoms. The second kappa shape index (κ2) is 10.3. The number of fused-ring (bicyclic) bond motifs is 1. The van der Waals surface area contributed by atoms with E-state index in [9.17, 15) is 0 Å². The van der Waals surface area contributed by atoms with Crippen LogP contribution in [-0.2, 0) is 13.1 Å². The van der Waals surface area contributed by atoms with Crippen molar-refractivity contribution in [3.8, 4) is 11.4 Å². The maximum atomic E-state index is 5.67. The Bertz CT molecular complexity index is 1390. The summed E-state index contributed by atoms with van der Waals surface area (Å²) in [5.74, 6) is 3.17. The highest BCUT2D eigenvalue weighted by Crippen LogP contribution is 2.37. The minimum absolute atomic E-state index is 0.438. The van der Waals surface area contributed by atoms with Crippen LogP contribution in [0.5, 0.6) is 5.75 Å². The number of imidazole rings is 1. The van der Waals surface area contributed by atoms with Gasteiger partial charge in [-0.05, 0) is 68.5 Å². The van der Waals surface area contributed by atoms with Gasteiger partial charge in [0.15, 0.2) is 5.82 Å². The number of nitrogens with zero attached hydrogens (tertiary/aromatic N) is 6. The molecule has 0 N–H and O–H groups in total. The van der Waals surface area contributed by atoms with Crippen LogP contribution in [0.25, 0.3) is 17.8 Å². The summed E-state index contributed by atoms with van der Waals surface area (Å²) in [4.78, 5) is 12.0. The van der Waals surface area contributed by atoms with Crippen molar-refractivity contribution in [2.24, 2.45) is 0 Å². The van der Waals surface area contributed by atoms with Gasteiger partial charge in [0.05, 0.1) is 24.8 Å². The zero-order chi connectivity index (χ0) is 25.2. The van der Waals surface area contributed by atoms with Crippen LogP contribution in [0.4, 0.5) is 0 Å². The lowest BCUT2D eigenvalue weighted by atomic mass is 9.89. The first kappa shape index (κ1) is 23.7. The third-order valence-corrected chi connectivity index (χ3v) is 7.66. The van der Waals surface area contributed by atoms with Gasteiger partial charge in [0, 0.05) is 31.2 Å². The lowest BCUT2D eigenvalue weighted by molar-refractivity contribution is 0.191. The van der Waals surface area contributed by atoms with Crippen LogP contribution in [0.3, 0.4) is 0 Å². The fraction of sp³-hybridized carbons (Fsp3) is 0.367. The van der Waals surface area contributed by atoms with Gasteiger partial charge in [-0.15, -0.1) is 0 Å². The van der Waals surface area contributed by atoms with Gasteiger partial charge in [-0.25, -0.2) is 14.6 Å². The van der Waals surface area contributed by atoms with Gasteiger partial charge >= 0.3 is 0 Å². The molecule has 190 valence electrons. The molecule has 1 saturated heterocycles. The first-order chi connectivity index (χ1) is 18.2. The molecule has 7 nitrogen and oxygen atoms in total. The smallest absolute Gasteiger partial charge is 0.174 e. The maximum Gasteiger partial charge on any atom is 0.174 e. The molecular weight excluding hydrogens is 460 g/mol. The van der Waals surface area contributed by atoms with Crippen molar-refractivity contribution >= 4 is 12.2 Å². The molecule has 4 heterocycles. The molecule has 2 aliphatic rings. The van der Waals surface area contributed by atoms with E-state index in [1.807, 2.05) is 36.2 Å². The lowest BCUT2D eigenvalue weighted by Gasteiger charge is -2.33. The second-order valence-electron chi connectivity index (χ2n) is 10.2. The standard InChI is InChI=1S/C30H34N6O/c1-22-19-35(21-31-22)27-14-12-23(18-28(27)37-2)13-15-29-32-30-25(10-6-17-36(30)33-29)26-11-7-16-34(26)20-24-8-4-3-5-9-24/h3-5,8-9,12-15,18-19,21,25-26H,6-7,10-11,16-17,20H2,1-2H3/b15-13+. The number of ether oxygens (including phenoxy) is 1. The molecule has 0 radical (unpaired) electrons. The van der Waals surface area contributed by atoms with Gasteiger partial charge in [0.1, 0.15) is 11.6 Å². The van der Waals surface area contributed by atoms with Crippen LogP contribution in [0, 0.1) is 6.92 Å². The highest BCUT2D eigenvalue weighted by molar-refractivity contribution is 5.69. The number of benzene rings is 2. The number of aryl methyl sites for hydroxylation is 2. The topological polar surface area (TPSA) is 61.0 Å². The highest BCUT2D eigenvalue weighted by Gasteiger charge is 2.37. The molecule has 6 rings (SSSR count). The monoisotopic (exact) mass is 494 g/mol.